The molecule has 0 saturated carbocycles. The second-order valence-corrected chi connectivity index (χ2v) is 4.70. The van der Waals surface area contributed by atoms with E-state index in [9.17, 15) is 0 Å². The van der Waals surface area contributed by atoms with E-state index in [4.69, 9.17) is 10.9 Å². The van der Waals surface area contributed by atoms with E-state index in [-0.39, 0.29) is 5.84 Å². The fourth-order valence-electron chi connectivity index (χ4n) is 2.29. The number of amidine groups is 1. The lowest BCUT2D eigenvalue weighted by atomic mass is 10.1. The van der Waals surface area contributed by atoms with Crippen LogP contribution >= 0.6 is 0 Å². The number of hydrogen-bond acceptors (Lipinski definition) is 3. The highest BCUT2D eigenvalue weighted by atomic mass is 16.4. The number of benzene rings is 1. The molecule has 0 radical (unpaired) electrons. The zero-order valence-corrected chi connectivity index (χ0v) is 12.1. The summed E-state index contributed by atoms with van der Waals surface area (Å²) in [4.78, 5) is 0. The van der Waals surface area contributed by atoms with E-state index < -0.39 is 0 Å². The number of nitrogens with zero attached hydrogens (tertiary/aromatic N) is 3. The normalized spacial score (nSPS) is 11.8. The molecule has 106 valence electrons. The zero-order valence-electron chi connectivity index (χ0n) is 12.1. The molecule has 2 rings (SSSR count). The molecule has 0 bridgehead atoms. The van der Waals surface area contributed by atoms with Crippen LogP contribution in [0.25, 0.3) is 5.69 Å². The van der Waals surface area contributed by atoms with Gasteiger partial charge in [0.2, 0.25) is 0 Å². The molecular weight excluding hydrogens is 252 g/mol. The Bertz CT molecular complexity index is 643. The maximum absolute atomic E-state index is 8.96. The molecule has 0 unspecified atom stereocenters. The summed E-state index contributed by atoms with van der Waals surface area (Å²) < 4.78 is 1.90. The van der Waals surface area contributed by atoms with Crippen molar-refractivity contribution in [2.45, 2.75) is 33.6 Å². The summed E-state index contributed by atoms with van der Waals surface area (Å²) in [6.45, 7) is 6.17. The number of oxime groups is 1. The third-order valence-corrected chi connectivity index (χ3v) is 3.39. The molecule has 0 aliphatic heterocycles. The van der Waals surface area contributed by atoms with Crippen LogP contribution in [0.1, 0.15) is 36.4 Å². The molecule has 3 N–H and O–H groups in total. The first-order valence-electron chi connectivity index (χ1n) is 6.78. The van der Waals surface area contributed by atoms with E-state index in [2.05, 4.69) is 30.2 Å². The third-order valence-electron chi connectivity index (χ3n) is 3.39. The number of aromatic nitrogens is 2. The fraction of sp³-hybridized carbons (Fsp3) is 0.333. The van der Waals surface area contributed by atoms with Crippen molar-refractivity contribution >= 4 is 5.84 Å². The summed E-state index contributed by atoms with van der Waals surface area (Å²) in [7, 11) is 0. The molecule has 0 spiro atoms. The minimum atomic E-state index is 0.0966. The van der Waals surface area contributed by atoms with Crippen molar-refractivity contribution in [2.24, 2.45) is 10.9 Å². The van der Waals surface area contributed by atoms with E-state index in [1.54, 1.807) is 0 Å². The Morgan fingerprint density at radius 3 is 2.70 bits per heavy atom. The van der Waals surface area contributed by atoms with Crippen molar-refractivity contribution in [1.29, 1.82) is 0 Å². The van der Waals surface area contributed by atoms with Crippen molar-refractivity contribution in [1.82, 2.24) is 9.78 Å². The molecule has 5 heteroatoms. The second kappa shape index (κ2) is 5.77. The van der Waals surface area contributed by atoms with Gasteiger partial charge in [0.1, 0.15) is 0 Å². The van der Waals surface area contributed by atoms with Gasteiger partial charge in [-0.1, -0.05) is 31.1 Å². The average Bonchev–Trinajstić information content (AvgIpc) is 2.89. The van der Waals surface area contributed by atoms with Crippen LogP contribution in [0.15, 0.2) is 29.4 Å². The van der Waals surface area contributed by atoms with Gasteiger partial charge in [0.15, 0.2) is 5.84 Å². The van der Waals surface area contributed by atoms with Gasteiger partial charge < -0.3 is 10.9 Å². The summed E-state index contributed by atoms with van der Waals surface area (Å²) >= 11 is 0. The first-order valence-corrected chi connectivity index (χ1v) is 6.78. The van der Waals surface area contributed by atoms with Gasteiger partial charge in [-0.2, -0.15) is 5.10 Å². The van der Waals surface area contributed by atoms with Crippen LogP contribution in [0.2, 0.25) is 0 Å². The predicted octanol–water partition coefficient (Wildman–Crippen LogP) is 2.40. The van der Waals surface area contributed by atoms with Gasteiger partial charge in [0.25, 0.3) is 0 Å². The molecule has 0 aliphatic rings. The minimum absolute atomic E-state index is 0.0966. The highest BCUT2D eigenvalue weighted by molar-refractivity contribution is 6.00. The molecule has 1 aromatic carbocycles. The van der Waals surface area contributed by atoms with Crippen molar-refractivity contribution in [3.8, 4) is 5.69 Å². The molecule has 0 saturated heterocycles. The van der Waals surface area contributed by atoms with Crippen LogP contribution < -0.4 is 5.73 Å². The zero-order chi connectivity index (χ0) is 14.7. The Hall–Kier alpha value is -2.30. The Labute approximate surface area is 118 Å². The lowest BCUT2D eigenvalue weighted by Crippen LogP contribution is -2.18. The molecular formula is C15H20N4O. The van der Waals surface area contributed by atoms with E-state index in [1.807, 2.05) is 29.8 Å². The number of aryl methyl sites for hydroxylation is 3. The molecule has 0 amide bonds. The van der Waals surface area contributed by atoms with Gasteiger partial charge in [0, 0.05) is 11.3 Å². The average molecular weight is 272 g/mol. The molecule has 1 heterocycles. The molecule has 20 heavy (non-hydrogen) atoms. The van der Waals surface area contributed by atoms with Crippen LogP contribution in [-0.4, -0.2) is 20.8 Å². The second-order valence-electron chi connectivity index (χ2n) is 4.70. The van der Waals surface area contributed by atoms with Gasteiger partial charge in [-0.3, -0.25) is 0 Å². The third kappa shape index (κ3) is 2.39. The minimum Gasteiger partial charge on any atom is -0.409 e. The predicted molar refractivity (Wildman–Crippen MR) is 79.6 cm³/mol. The monoisotopic (exact) mass is 272 g/mol. The summed E-state index contributed by atoms with van der Waals surface area (Å²) in [6, 6.07) is 7.82. The maximum Gasteiger partial charge on any atom is 0.172 e. The lowest BCUT2D eigenvalue weighted by molar-refractivity contribution is 0.318. The largest absolute Gasteiger partial charge is 0.409 e. The van der Waals surface area contributed by atoms with Crippen LogP contribution in [0.3, 0.4) is 0 Å². The molecule has 1 aromatic heterocycles. The molecule has 0 aliphatic carbocycles. The smallest absolute Gasteiger partial charge is 0.172 e. The van der Waals surface area contributed by atoms with Crippen LogP contribution in [0.4, 0.5) is 0 Å². The number of hydrogen-bond donors (Lipinski definition) is 2. The molecule has 0 atom stereocenters. The first kappa shape index (κ1) is 14.1. The number of para-hydroxylation sites is 1. The number of nitrogens with two attached hydrogens (primary N) is 1. The quantitative estimate of drug-likeness (QED) is 0.388. The summed E-state index contributed by atoms with van der Waals surface area (Å²) in [5.74, 6) is 0.0966. The van der Waals surface area contributed by atoms with Gasteiger partial charge in [-0.15, -0.1) is 0 Å². The fourth-order valence-corrected chi connectivity index (χ4v) is 2.29. The first-order chi connectivity index (χ1) is 9.62. The Kier molecular flexibility index (Phi) is 4.08. The van der Waals surface area contributed by atoms with Gasteiger partial charge in [-0.05, 0) is 37.5 Å². The van der Waals surface area contributed by atoms with Crippen LogP contribution in [0, 0.1) is 6.92 Å². The van der Waals surface area contributed by atoms with E-state index in [0.29, 0.717) is 5.56 Å². The Morgan fingerprint density at radius 2 is 2.10 bits per heavy atom. The van der Waals surface area contributed by atoms with Crippen molar-refractivity contribution in [3.05, 3.63) is 46.8 Å². The summed E-state index contributed by atoms with van der Waals surface area (Å²) in [6.07, 6.45) is 1.75. The molecule has 2 aromatic rings. The van der Waals surface area contributed by atoms with E-state index >= 15 is 0 Å². The highest BCUT2D eigenvalue weighted by Crippen LogP contribution is 2.22. The van der Waals surface area contributed by atoms with Crippen molar-refractivity contribution < 1.29 is 5.21 Å². The SMILES string of the molecule is CCc1cc(CC)n(-c2c(C)cccc2/C(N)=N/O)n1. The van der Waals surface area contributed by atoms with Crippen molar-refractivity contribution in [2.75, 3.05) is 0 Å². The number of rotatable bonds is 4. The van der Waals surface area contributed by atoms with E-state index in [1.165, 1.54) is 0 Å². The molecule has 0 fully saturated rings. The maximum atomic E-state index is 8.96. The van der Waals surface area contributed by atoms with Crippen LogP contribution in [0.5, 0.6) is 0 Å². The topological polar surface area (TPSA) is 76.4 Å². The lowest BCUT2D eigenvalue weighted by Gasteiger charge is -2.14. The van der Waals surface area contributed by atoms with Crippen LogP contribution in [-0.2, 0) is 12.8 Å². The van der Waals surface area contributed by atoms with Gasteiger partial charge in [-0.25, -0.2) is 4.68 Å². The van der Waals surface area contributed by atoms with Crippen molar-refractivity contribution in [3.63, 3.8) is 0 Å². The summed E-state index contributed by atoms with van der Waals surface area (Å²) in [5, 5.41) is 16.7. The Morgan fingerprint density at radius 1 is 1.35 bits per heavy atom. The molecule has 5 nitrogen and oxygen atoms in total. The standard InChI is InChI=1S/C15H20N4O/c1-4-11-9-12(5-2)19(17-11)14-10(3)7-6-8-13(14)15(16)18-20/h6-9,20H,4-5H2,1-3H3,(H2,16,18). The van der Waals surface area contributed by atoms with E-state index in [0.717, 1.165) is 35.5 Å². The Balaban J connectivity index is 2.71. The summed E-state index contributed by atoms with van der Waals surface area (Å²) in [5.41, 5.74) is 10.5. The van der Waals surface area contributed by atoms with Gasteiger partial charge in [0.05, 0.1) is 11.4 Å². The highest BCUT2D eigenvalue weighted by Gasteiger charge is 2.15. The van der Waals surface area contributed by atoms with Gasteiger partial charge >= 0.3 is 0 Å².